The van der Waals surface area contributed by atoms with Gasteiger partial charge in [0.05, 0.1) is 17.8 Å². The molecule has 23 heavy (non-hydrogen) atoms. The van der Waals surface area contributed by atoms with Crippen LogP contribution in [0.3, 0.4) is 0 Å². The van der Waals surface area contributed by atoms with Gasteiger partial charge in [-0.15, -0.1) is 11.3 Å². The van der Waals surface area contributed by atoms with Gasteiger partial charge in [-0.3, -0.25) is 9.69 Å². The van der Waals surface area contributed by atoms with E-state index in [9.17, 15) is 14.7 Å². The molecule has 0 saturated heterocycles. The number of nitrogens with zero attached hydrogens (tertiary/aromatic N) is 1. The van der Waals surface area contributed by atoms with Crippen molar-refractivity contribution in [3.8, 4) is 11.3 Å². The Kier molecular flexibility index (Phi) is 4.34. The minimum absolute atomic E-state index is 0.166. The van der Waals surface area contributed by atoms with Crippen molar-refractivity contribution in [3.63, 3.8) is 0 Å². The molecular weight excluding hydrogens is 332 g/mol. The number of ketones is 1. The van der Waals surface area contributed by atoms with Crippen LogP contribution in [0.1, 0.15) is 17.3 Å². The first-order valence-electron chi connectivity index (χ1n) is 7.05. The highest BCUT2D eigenvalue weighted by Crippen LogP contribution is 2.30. The van der Waals surface area contributed by atoms with Gasteiger partial charge in [0.2, 0.25) is 5.78 Å². The van der Waals surface area contributed by atoms with E-state index in [1.165, 1.54) is 6.20 Å². The Morgan fingerprint density at radius 1 is 1.43 bits per heavy atom. The number of carbonyl (C=O) groups excluding carboxylic acids is 1. The summed E-state index contributed by atoms with van der Waals surface area (Å²) in [5.41, 5.74) is 2.90. The lowest BCUT2D eigenvalue weighted by molar-refractivity contribution is -0.773. The third kappa shape index (κ3) is 2.83. The number of carboxylic acids is 1. The third-order valence-corrected chi connectivity index (χ3v) is 5.60. The summed E-state index contributed by atoms with van der Waals surface area (Å²) in [5.74, 6) is -1.61. The SMILES string of the molecule is CC[NH+]1C=C(C(=O)O)C(=O)c2ccc(-c3csc(SC)n3)cc21. The number of thiazole rings is 1. The lowest BCUT2D eigenvalue weighted by Gasteiger charge is -2.21. The van der Waals surface area contributed by atoms with E-state index in [0.717, 1.165) is 26.2 Å². The topological polar surface area (TPSA) is 71.7 Å². The molecule has 2 N–H and O–H groups in total. The maximum Gasteiger partial charge on any atom is 0.345 e. The largest absolute Gasteiger partial charge is 0.477 e. The van der Waals surface area contributed by atoms with Gasteiger partial charge in [0.25, 0.3) is 0 Å². The Morgan fingerprint density at radius 2 is 2.22 bits per heavy atom. The van der Waals surface area contributed by atoms with Crippen LogP contribution in [0.25, 0.3) is 11.3 Å². The molecule has 0 spiro atoms. The summed E-state index contributed by atoms with van der Waals surface area (Å²) in [6.07, 6.45) is 3.47. The van der Waals surface area contributed by atoms with E-state index in [2.05, 4.69) is 4.98 Å². The van der Waals surface area contributed by atoms with Crippen LogP contribution in [-0.4, -0.2) is 34.6 Å². The van der Waals surface area contributed by atoms with Gasteiger partial charge in [-0.25, -0.2) is 9.78 Å². The fourth-order valence-electron chi connectivity index (χ4n) is 2.56. The van der Waals surface area contributed by atoms with Crippen LogP contribution in [0.4, 0.5) is 5.69 Å². The molecule has 0 bridgehead atoms. The van der Waals surface area contributed by atoms with Crippen molar-refractivity contribution >= 4 is 40.5 Å². The molecule has 1 aliphatic heterocycles. The Hall–Kier alpha value is -1.96. The van der Waals surface area contributed by atoms with Gasteiger partial charge in [0.1, 0.15) is 16.2 Å². The van der Waals surface area contributed by atoms with Crippen LogP contribution in [0.5, 0.6) is 0 Å². The third-order valence-electron chi connectivity index (χ3n) is 3.74. The van der Waals surface area contributed by atoms with Crippen molar-refractivity contribution in [2.24, 2.45) is 0 Å². The molecule has 7 heteroatoms. The number of aliphatic carboxylic acids is 1. The van der Waals surface area contributed by atoms with E-state index in [4.69, 9.17) is 0 Å². The molecular formula is C16H15N2O3S2+. The predicted octanol–water partition coefficient (Wildman–Crippen LogP) is 2.23. The smallest absolute Gasteiger partial charge is 0.345 e. The molecule has 1 atom stereocenters. The summed E-state index contributed by atoms with van der Waals surface area (Å²) < 4.78 is 0.988. The molecule has 3 rings (SSSR count). The minimum atomic E-state index is -1.18. The number of rotatable bonds is 4. The summed E-state index contributed by atoms with van der Waals surface area (Å²) in [6.45, 7) is 2.61. The maximum atomic E-state index is 12.3. The first-order valence-corrected chi connectivity index (χ1v) is 9.15. The Morgan fingerprint density at radius 3 is 2.83 bits per heavy atom. The second-order valence-corrected chi connectivity index (χ2v) is 6.95. The second-order valence-electron chi connectivity index (χ2n) is 5.03. The molecule has 0 amide bonds. The normalized spacial score (nSPS) is 16.9. The number of nitrogens with one attached hydrogen (secondary N) is 1. The number of carbonyl (C=O) groups is 2. The van der Waals surface area contributed by atoms with Crippen LogP contribution in [0.2, 0.25) is 0 Å². The molecule has 1 aromatic heterocycles. The van der Waals surface area contributed by atoms with Crippen LogP contribution < -0.4 is 4.90 Å². The second kappa shape index (κ2) is 6.27. The standard InChI is InChI=1S/C16H14N2O3S2/c1-3-18-7-11(15(20)21)14(19)10-5-4-9(6-13(10)18)12-8-23-16(17-12)22-2/h4-8H,3H2,1-2H3,(H,20,21)/p+1. The molecule has 1 aromatic carbocycles. The zero-order valence-corrected chi connectivity index (χ0v) is 14.3. The average Bonchev–Trinajstić information content (AvgIpc) is 3.03. The van der Waals surface area contributed by atoms with Crippen molar-refractivity contribution in [1.82, 2.24) is 4.98 Å². The van der Waals surface area contributed by atoms with E-state index < -0.39 is 11.8 Å². The van der Waals surface area contributed by atoms with Gasteiger partial charge in [0, 0.05) is 17.0 Å². The lowest BCUT2D eigenvalue weighted by atomic mass is 9.96. The molecule has 2 aromatic rings. The Bertz CT molecular complexity index is 826. The molecule has 0 fully saturated rings. The lowest BCUT2D eigenvalue weighted by Crippen LogP contribution is -3.03. The number of carboxylic acid groups (broad SMARTS) is 1. The summed E-state index contributed by atoms with van der Waals surface area (Å²) in [7, 11) is 0. The summed E-state index contributed by atoms with van der Waals surface area (Å²) in [6, 6.07) is 5.46. The fraction of sp³-hybridized carbons (Fsp3) is 0.188. The molecule has 0 aliphatic carbocycles. The highest BCUT2D eigenvalue weighted by molar-refractivity contribution is 8.00. The van der Waals surface area contributed by atoms with E-state index >= 15 is 0 Å². The Labute approximate surface area is 141 Å². The van der Waals surface area contributed by atoms with Gasteiger partial charge in [-0.2, -0.15) is 0 Å². The highest BCUT2D eigenvalue weighted by Gasteiger charge is 2.33. The molecule has 2 heterocycles. The zero-order chi connectivity index (χ0) is 16.6. The summed E-state index contributed by atoms with van der Waals surface area (Å²) in [5, 5.41) is 11.2. The molecule has 5 nitrogen and oxygen atoms in total. The first kappa shape index (κ1) is 15.9. The van der Waals surface area contributed by atoms with Crippen molar-refractivity contribution in [2.45, 2.75) is 11.3 Å². The number of Topliss-reactive ketones (excluding diaryl/α,β-unsaturated/α-hetero) is 1. The van der Waals surface area contributed by atoms with Crippen LogP contribution in [0, 0.1) is 0 Å². The monoisotopic (exact) mass is 347 g/mol. The van der Waals surface area contributed by atoms with E-state index in [1.807, 2.05) is 30.7 Å². The fourth-order valence-corrected chi connectivity index (χ4v) is 3.84. The number of quaternary nitrogens is 1. The number of hydrogen-bond acceptors (Lipinski definition) is 5. The Balaban J connectivity index is 2.08. The van der Waals surface area contributed by atoms with E-state index in [1.54, 1.807) is 29.2 Å². The van der Waals surface area contributed by atoms with Gasteiger partial charge < -0.3 is 5.11 Å². The number of thioether (sulfide) groups is 1. The van der Waals surface area contributed by atoms with Crippen molar-refractivity contribution in [2.75, 3.05) is 12.8 Å². The first-order chi connectivity index (χ1) is 11.0. The number of hydrogen-bond donors (Lipinski definition) is 2. The highest BCUT2D eigenvalue weighted by atomic mass is 32.2. The summed E-state index contributed by atoms with van der Waals surface area (Å²) >= 11 is 3.18. The van der Waals surface area contributed by atoms with Gasteiger partial charge >= 0.3 is 5.97 Å². The molecule has 0 saturated carbocycles. The van der Waals surface area contributed by atoms with Crippen LogP contribution in [-0.2, 0) is 4.79 Å². The van der Waals surface area contributed by atoms with Crippen molar-refractivity contribution in [3.05, 3.63) is 40.9 Å². The molecule has 1 unspecified atom stereocenters. The van der Waals surface area contributed by atoms with Crippen LogP contribution >= 0.6 is 23.1 Å². The summed E-state index contributed by atoms with van der Waals surface area (Å²) in [4.78, 5) is 29.0. The van der Waals surface area contributed by atoms with Gasteiger partial charge in [0.15, 0.2) is 5.57 Å². The predicted molar refractivity (Wildman–Crippen MR) is 90.5 cm³/mol. The van der Waals surface area contributed by atoms with Gasteiger partial charge in [-0.05, 0) is 19.2 Å². The van der Waals surface area contributed by atoms with Gasteiger partial charge in [-0.1, -0.05) is 17.8 Å². The van der Waals surface area contributed by atoms with Crippen molar-refractivity contribution < 1.29 is 19.6 Å². The molecule has 1 aliphatic rings. The quantitative estimate of drug-likeness (QED) is 0.655. The van der Waals surface area contributed by atoms with E-state index in [0.29, 0.717) is 12.1 Å². The van der Waals surface area contributed by atoms with Crippen LogP contribution in [0.15, 0.2) is 39.7 Å². The number of benzene rings is 1. The number of fused-ring (bicyclic) bond motifs is 1. The minimum Gasteiger partial charge on any atom is -0.477 e. The van der Waals surface area contributed by atoms with Crippen molar-refractivity contribution in [1.29, 1.82) is 0 Å². The molecule has 0 radical (unpaired) electrons. The maximum absolute atomic E-state index is 12.3. The number of aromatic nitrogens is 1. The zero-order valence-electron chi connectivity index (χ0n) is 12.6. The average molecular weight is 347 g/mol. The van der Waals surface area contributed by atoms with E-state index in [-0.39, 0.29) is 5.57 Å². The molecule has 118 valence electrons.